The number of guanidine groups is 1. The normalized spacial score (nSPS) is 22.5. The van der Waals surface area contributed by atoms with Gasteiger partial charge in [0.15, 0.2) is 5.96 Å². The van der Waals surface area contributed by atoms with Crippen molar-refractivity contribution in [2.24, 2.45) is 10.4 Å². The van der Waals surface area contributed by atoms with Crippen LogP contribution in [0.1, 0.15) is 56.3 Å². The van der Waals surface area contributed by atoms with Gasteiger partial charge >= 0.3 is 0 Å². The first-order valence-electron chi connectivity index (χ1n) is 10.8. The van der Waals surface area contributed by atoms with Crippen LogP contribution in [0.4, 0.5) is 0 Å². The van der Waals surface area contributed by atoms with E-state index in [4.69, 9.17) is 4.74 Å². The van der Waals surface area contributed by atoms with Crippen LogP contribution >= 0.6 is 0 Å². The molecule has 2 unspecified atom stereocenters. The Hall–Kier alpha value is -2.28. The van der Waals surface area contributed by atoms with E-state index >= 15 is 0 Å². The lowest BCUT2D eigenvalue weighted by Crippen LogP contribution is -2.68. The number of carbonyl (C=O) groups excluding carboxylic acids is 1. The number of hydrogen-bond acceptors (Lipinski definition) is 4. The Kier molecular flexibility index (Phi) is 7.36. The summed E-state index contributed by atoms with van der Waals surface area (Å²) in [7, 11) is 0. The Bertz CT molecular complexity index is 718. The number of nitrogens with zero attached hydrogens (tertiary/aromatic N) is 1. The lowest BCUT2D eigenvalue weighted by molar-refractivity contribution is -0.168. The molecule has 2 saturated carbocycles. The van der Waals surface area contributed by atoms with Crippen molar-refractivity contribution in [3.05, 3.63) is 29.8 Å². The van der Waals surface area contributed by atoms with E-state index in [0.717, 1.165) is 32.0 Å². The summed E-state index contributed by atoms with van der Waals surface area (Å²) in [5.74, 6) is 0.756. The van der Waals surface area contributed by atoms with Crippen LogP contribution in [-0.4, -0.2) is 55.4 Å². The lowest BCUT2D eigenvalue weighted by Gasteiger charge is -2.61. The second-order valence-electron chi connectivity index (χ2n) is 7.88. The third-order valence-corrected chi connectivity index (χ3v) is 6.09. The molecule has 2 fully saturated rings. The fourth-order valence-electron chi connectivity index (χ4n) is 4.35. The quantitative estimate of drug-likeness (QED) is 0.289. The molecule has 0 heterocycles. The van der Waals surface area contributed by atoms with Gasteiger partial charge in [-0.15, -0.1) is 0 Å². The second-order valence-corrected chi connectivity index (χ2v) is 7.88. The highest BCUT2D eigenvalue weighted by Gasteiger charge is 2.59. The summed E-state index contributed by atoms with van der Waals surface area (Å²) < 4.78 is 5.93. The number of aliphatic imine (C=N–C) groups is 1. The summed E-state index contributed by atoms with van der Waals surface area (Å²) in [5.41, 5.74) is 0.754. The van der Waals surface area contributed by atoms with Crippen LogP contribution in [0.3, 0.4) is 0 Å². The maximum absolute atomic E-state index is 12.1. The monoisotopic (exact) mass is 402 g/mol. The predicted molar refractivity (Wildman–Crippen MR) is 114 cm³/mol. The van der Waals surface area contributed by atoms with Crippen LogP contribution in [0.5, 0.6) is 5.75 Å². The maximum atomic E-state index is 12.1. The number of aromatic hydroxyl groups is 1. The van der Waals surface area contributed by atoms with Crippen molar-refractivity contribution >= 4 is 11.9 Å². The van der Waals surface area contributed by atoms with Gasteiger partial charge in [0.1, 0.15) is 5.75 Å². The standard InChI is InChI=1S/C22H34N4O3/c1-3-23-21(26-18-15-19(29-4-2)22(18)10-6-11-22)25-13-7-12-24-20(28)16-8-5-9-17(27)14-16/h5,8-9,14,18-19,27H,3-4,6-7,10-13,15H2,1-2H3,(H,24,28)(H2,23,25,26). The van der Waals surface area contributed by atoms with E-state index in [1.807, 2.05) is 0 Å². The molecule has 0 bridgehead atoms. The number of phenolic OH excluding ortho intramolecular Hbond substituents is 1. The van der Waals surface area contributed by atoms with Crippen LogP contribution in [0.25, 0.3) is 0 Å². The first-order valence-corrected chi connectivity index (χ1v) is 10.8. The number of phenols is 1. The average molecular weight is 403 g/mol. The minimum Gasteiger partial charge on any atom is -0.508 e. The molecule has 2 aliphatic rings. The first-order chi connectivity index (χ1) is 14.1. The van der Waals surface area contributed by atoms with Crippen LogP contribution in [0.15, 0.2) is 29.3 Å². The topological polar surface area (TPSA) is 95.0 Å². The summed E-state index contributed by atoms with van der Waals surface area (Å²) >= 11 is 0. The van der Waals surface area contributed by atoms with Gasteiger partial charge in [-0.25, -0.2) is 0 Å². The first kappa shape index (κ1) is 21.4. The highest BCUT2D eigenvalue weighted by Crippen LogP contribution is 2.57. The fourth-order valence-corrected chi connectivity index (χ4v) is 4.35. The average Bonchev–Trinajstić information content (AvgIpc) is 2.65. The maximum Gasteiger partial charge on any atom is 0.251 e. The molecule has 1 spiro atoms. The SMILES string of the molecule is CCNC(=NCCCNC(=O)c1cccc(O)c1)NC1CC(OCC)C12CCC2. The largest absolute Gasteiger partial charge is 0.508 e. The van der Waals surface area contributed by atoms with Crippen LogP contribution < -0.4 is 16.0 Å². The Balaban J connectivity index is 1.43. The fraction of sp³-hybridized carbons (Fsp3) is 0.636. The summed E-state index contributed by atoms with van der Waals surface area (Å²) in [5, 5.41) is 19.3. The molecular weight excluding hydrogens is 368 g/mol. The molecular formula is C22H34N4O3. The molecule has 4 N–H and O–H groups in total. The molecule has 3 rings (SSSR count). The van der Waals surface area contributed by atoms with E-state index in [1.54, 1.807) is 18.2 Å². The van der Waals surface area contributed by atoms with Gasteiger partial charge in [0.25, 0.3) is 5.91 Å². The van der Waals surface area contributed by atoms with Gasteiger partial charge in [0.05, 0.1) is 6.10 Å². The van der Waals surface area contributed by atoms with Crippen molar-refractivity contribution in [1.29, 1.82) is 0 Å². The minimum atomic E-state index is -0.182. The molecule has 7 nitrogen and oxygen atoms in total. The molecule has 160 valence electrons. The number of nitrogens with one attached hydrogen (secondary N) is 3. The smallest absolute Gasteiger partial charge is 0.251 e. The van der Waals surface area contributed by atoms with Crippen molar-refractivity contribution in [1.82, 2.24) is 16.0 Å². The predicted octanol–water partition coefficient (Wildman–Crippen LogP) is 2.41. The molecule has 0 aliphatic heterocycles. The Morgan fingerprint density at radius 2 is 2.14 bits per heavy atom. The second kappa shape index (κ2) is 9.96. The molecule has 0 aromatic heterocycles. The van der Waals surface area contributed by atoms with E-state index in [0.29, 0.717) is 36.2 Å². The van der Waals surface area contributed by atoms with Gasteiger partial charge in [-0.3, -0.25) is 9.79 Å². The van der Waals surface area contributed by atoms with Crippen LogP contribution in [0.2, 0.25) is 0 Å². The van der Waals surface area contributed by atoms with Gasteiger partial charge in [0, 0.05) is 43.3 Å². The zero-order chi connectivity index (χ0) is 20.7. The highest BCUT2D eigenvalue weighted by molar-refractivity contribution is 5.94. The van der Waals surface area contributed by atoms with Crippen molar-refractivity contribution in [2.45, 2.75) is 58.1 Å². The van der Waals surface area contributed by atoms with Crippen LogP contribution in [-0.2, 0) is 4.74 Å². The van der Waals surface area contributed by atoms with Gasteiger partial charge in [-0.05, 0) is 57.7 Å². The third kappa shape index (κ3) is 5.01. The zero-order valence-electron chi connectivity index (χ0n) is 17.5. The molecule has 29 heavy (non-hydrogen) atoms. The van der Waals surface area contributed by atoms with E-state index in [-0.39, 0.29) is 11.7 Å². The van der Waals surface area contributed by atoms with E-state index in [2.05, 4.69) is 34.8 Å². The minimum absolute atomic E-state index is 0.0930. The summed E-state index contributed by atoms with van der Waals surface area (Å²) in [6.07, 6.45) is 5.92. The van der Waals surface area contributed by atoms with Crippen molar-refractivity contribution in [2.75, 3.05) is 26.2 Å². The summed E-state index contributed by atoms with van der Waals surface area (Å²) in [6.45, 7) is 6.89. The summed E-state index contributed by atoms with van der Waals surface area (Å²) in [4.78, 5) is 16.8. The van der Waals surface area contributed by atoms with Gasteiger partial charge in [0.2, 0.25) is 0 Å². The van der Waals surface area contributed by atoms with Gasteiger partial charge in [-0.2, -0.15) is 0 Å². The van der Waals surface area contributed by atoms with Gasteiger partial charge in [-0.1, -0.05) is 12.5 Å². The molecule has 1 aromatic carbocycles. The number of carbonyl (C=O) groups is 1. The molecule has 0 radical (unpaired) electrons. The molecule has 0 saturated heterocycles. The van der Waals surface area contributed by atoms with Crippen LogP contribution in [0, 0.1) is 5.41 Å². The Morgan fingerprint density at radius 1 is 1.31 bits per heavy atom. The molecule has 1 amide bonds. The van der Waals surface area contributed by atoms with Crippen molar-refractivity contribution < 1.29 is 14.6 Å². The molecule has 1 aromatic rings. The number of benzene rings is 1. The third-order valence-electron chi connectivity index (χ3n) is 6.09. The number of ether oxygens (including phenoxy) is 1. The number of amides is 1. The van der Waals surface area contributed by atoms with E-state index < -0.39 is 0 Å². The molecule has 2 atom stereocenters. The molecule has 7 heteroatoms. The highest BCUT2D eigenvalue weighted by atomic mass is 16.5. The van der Waals surface area contributed by atoms with Crippen molar-refractivity contribution in [3.8, 4) is 5.75 Å². The number of rotatable bonds is 9. The Morgan fingerprint density at radius 3 is 2.79 bits per heavy atom. The lowest BCUT2D eigenvalue weighted by atomic mass is 9.51. The van der Waals surface area contributed by atoms with E-state index in [1.165, 1.54) is 25.3 Å². The van der Waals surface area contributed by atoms with Gasteiger partial charge < -0.3 is 25.8 Å². The van der Waals surface area contributed by atoms with Crippen molar-refractivity contribution in [3.63, 3.8) is 0 Å². The molecule has 2 aliphatic carbocycles. The Labute approximate surface area is 173 Å². The summed E-state index contributed by atoms with van der Waals surface area (Å²) in [6, 6.07) is 6.79. The zero-order valence-corrected chi connectivity index (χ0v) is 17.5. The number of hydrogen-bond donors (Lipinski definition) is 4. The van der Waals surface area contributed by atoms with E-state index in [9.17, 15) is 9.90 Å².